The molecule has 0 aliphatic heterocycles. The van der Waals surface area contributed by atoms with Gasteiger partial charge in [0, 0.05) is 18.5 Å². The highest BCUT2D eigenvalue weighted by Crippen LogP contribution is 2.27. The maximum Gasteiger partial charge on any atom is 0.264 e. The van der Waals surface area contributed by atoms with Crippen LogP contribution < -0.4 is 14.4 Å². The van der Waals surface area contributed by atoms with Gasteiger partial charge in [0.25, 0.3) is 10.0 Å². The van der Waals surface area contributed by atoms with E-state index in [0.717, 1.165) is 26.6 Å². The van der Waals surface area contributed by atoms with Crippen molar-refractivity contribution in [2.24, 2.45) is 0 Å². The van der Waals surface area contributed by atoms with E-state index in [4.69, 9.17) is 4.74 Å². The van der Waals surface area contributed by atoms with Gasteiger partial charge in [0.15, 0.2) is 0 Å². The number of carbonyl (C=O) groups is 2. The number of ether oxygens (including phenoxy) is 1. The highest BCUT2D eigenvalue weighted by atomic mass is 32.2. The lowest BCUT2D eigenvalue weighted by Crippen LogP contribution is -2.56. The molecule has 2 amide bonds. The summed E-state index contributed by atoms with van der Waals surface area (Å²) in [5.41, 5.74) is 3.48. The van der Waals surface area contributed by atoms with E-state index in [1.165, 1.54) is 17.0 Å². The van der Waals surface area contributed by atoms with Crippen LogP contribution in [0.25, 0.3) is 0 Å². The van der Waals surface area contributed by atoms with Crippen LogP contribution in [0.4, 0.5) is 5.69 Å². The first-order valence-corrected chi connectivity index (χ1v) is 17.2. The van der Waals surface area contributed by atoms with E-state index in [0.29, 0.717) is 18.0 Å². The fourth-order valence-electron chi connectivity index (χ4n) is 5.14. The largest absolute Gasteiger partial charge is 0.494 e. The lowest BCUT2D eigenvalue weighted by atomic mass is 10.0. The summed E-state index contributed by atoms with van der Waals surface area (Å²) >= 11 is 0. The van der Waals surface area contributed by atoms with Crippen LogP contribution in [-0.2, 0) is 32.6 Å². The van der Waals surface area contributed by atoms with Gasteiger partial charge in [-0.3, -0.25) is 13.9 Å². The molecule has 0 bridgehead atoms. The number of amides is 2. The summed E-state index contributed by atoms with van der Waals surface area (Å²) in [6.45, 7) is 11.4. The molecule has 9 heteroatoms. The van der Waals surface area contributed by atoms with Crippen LogP contribution in [0.3, 0.4) is 0 Å². The number of rotatable bonds is 13. The summed E-state index contributed by atoms with van der Waals surface area (Å²) in [4.78, 5) is 30.1. The molecule has 0 saturated heterocycles. The Kier molecular flexibility index (Phi) is 11.5. The lowest BCUT2D eigenvalue weighted by molar-refractivity contribution is -0.140. The summed E-state index contributed by atoms with van der Waals surface area (Å²) < 4.78 is 35.2. The smallest absolute Gasteiger partial charge is 0.264 e. The SMILES string of the molecule is CCOc1ccc(S(=O)(=O)N(CC(=O)N(Cc2ccc(C)cc2)[C@H](Cc2ccccc2)C(=O)NC(C)(C)C)c2ccc(C)cc2)cc1. The number of nitrogens with one attached hydrogen (secondary N) is 1. The molecule has 1 N–H and O–H groups in total. The molecule has 47 heavy (non-hydrogen) atoms. The van der Waals surface area contributed by atoms with Gasteiger partial charge in [-0.2, -0.15) is 0 Å². The van der Waals surface area contributed by atoms with Gasteiger partial charge < -0.3 is 15.0 Å². The van der Waals surface area contributed by atoms with Gasteiger partial charge in [0.1, 0.15) is 18.3 Å². The molecule has 4 aromatic rings. The average molecular weight is 656 g/mol. The van der Waals surface area contributed by atoms with E-state index in [9.17, 15) is 18.0 Å². The number of nitrogens with zero attached hydrogens (tertiary/aromatic N) is 2. The Labute approximate surface area is 279 Å². The second kappa shape index (κ2) is 15.3. The molecule has 0 fully saturated rings. The fraction of sp³-hybridized carbons (Fsp3) is 0.316. The fourth-order valence-corrected chi connectivity index (χ4v) is 6.55. The monoisotopic (exact) mass is 655 g/mol. The Bertz CT molecular complexity index is 1730. The van der Waals surface area contributed by atoms with Crippen molar-refractivity contribution < 1.29 is 22.7 Å². The predicted octanol–water partition coefficient (Wildman–Crippen LogP) is 6.45. The highest BCUT2D eigenvalue weighted by molar-refractivity contribution is 7.92. The van der Waals surface area contributed by atoms with E-state index >= 15 is 0 Å². The van der Waals surface area contributed by atoms with Crippen LogP contribution in [0.5, 0.6) is 5.75 Å². The summed E-state index contributed by atoms with van der Waals surface area (Å²) in [6, 6.07) is 29.5. The summed E-state index contributed by atoms with van der Waals surface area (Å²) in [5, 5.41) is 3.06. The Morgan fingerprint density at radius 1 is 0.787 bits per heavy atom. The molecule has 0 aliphatic rings. The molecular formula is C38H45N3O5S. The predicted molar refractivity (Wildman–Crippen MR) is 187 cm³/mol. The summed E-state index contributed by atoms with van der Waals surface area (Å²) in [6.07, 6.45) is 0.247. The Hall–Kier alpha value is -4.63. The van der Waals surface area contributed by atoms with Crippen molar-refractivity contribution in [2.75, 3.05) is 17.5 Å². The molecule has 0 unspecified atom stereocenters. The van der Waals surface area contributed by atoms with Crippen molar-refractivity contribution in [3.63, 3.8) is 0 Å². The van der Waals surface area contributed by atoms with Crippen molar-refractivity contribution in [3.05, 3.63) is 125 Å². The van der Waals surface area contributed by atoms with E-state index in [2.05, 4.69) is 5.32 Å². The standard InChI is InChI=1S/C38H45N3O5S/c1-7-46-33-21-23-34(24-22-33)47(44,45)41(32-19-15-29(3)16-20-32)27-36(42)40(26-31-17-13-28(2)14-18-31)35(37(43)39-38(4,5)6)25-30-11-9-8-10-12-30/h8-24,35H,7,25-27H2,1-6H3,(H,39,43)/t35-/m1/s1. The summed E-state index contributed by atoms with van der Waals surface area (Å²) in [7, 11) is -4.21. The number of hydrogen-bond acceptors (Lipinski definition) is 5. The van der Waals surface area contributed by atoms with Crippen molar-refractivity contribution in [2.45, 2.75) is 71.0 Å². The molecule has 4 rings (SSSR count). The second-order valence-corrected chi connectivity index (χ2v) is 14.6. The van der Waals surface area contributed by atoms with Gasteiger partial charge >= 0.3 is 0 Å². The van der Waals surface area contributed by atoms with Gasteiger partial charge in [-0.15, -0.1) is 0 Å². The second-order valence-electron chi connectivity index (χ2n) is 12.7. The average Bonchev–Trinajstić information content (AvgIpc) is 3.03. The molecule has 0 radical (unpaired) electrons. The number of hydrogen-bond donors (Lipinski definition) is 1. The Morgan fingerprint density at radius 3 is 1.91 bits per heavy atom. The number of aryl methyl sites for hydroxylation is 2. The van der Waals surface area contributed by atoms with E-state index in [1.54, 1.807) is 36.4 Å². The third kappa shape index (κ3) is 9.68. The quantitative estimate of drug-likeness (QED) is 0.179. The van der Waals surface area contributed by atoms with Crippen LogP contribution in [0.2, 0.25) is 0 Å². The van der Waals surface area contributed by atoms with Crippen molar-refractivity contribution in [1.82, 2.24) is 10.2 Å². The van der Waals surface area contributed by atoms with Gasteiger partial charge in [-0.1, -0.05) is 77.9 Å². The molecule has 1 atom stereocenters. The zero-order valence-corrected chi connectivity index (χ0v) is 28.9. The van der Waals surface area contributed by atoms with Crippen LogP contribution in [0.15, 0.2) is 108 Å². The first kappa shape index (κ1) is 35.2. The van der Waals surface area contributed by atoms with E-state index in [1.807, 2.05) is 96.1 Å². The van der Waals surface area contributed by atoms with Gasteiger partial charge in [0.2, 0.25) is 11.8 Å². The van der Waals surface area contributed by atoms with Crippen molar-refractivity contribution >= 4 is 27.5 Å². The Balaban J connectivity index is 1.80. The van der Waals surface area contributed by atoms with Crippen LogP contribution >= 0.6 is 0 Å². The molecule has 0 aromatic heterocycles. The van der Waals surface area contributed by atoms with Gasteiger partial charge in [-0.05, 0) is 89.1 Å². The van der Waals surface area contributed by atoms with Crippen LogP contribution in [-0.4, -0.2) is 49.9 Å². The number of anilines is 1. The zero-order chi connectivity index (χ0) is 34.2. The molecule has 0 spiro atoms. The zero-order valence-electron chi connectivity index (χ0n) is 28.1. The van der Waals surface area contributed by atoms with Crippen LogP contribution in [0.1, 0.15) is 49.9 Å². The maximum atomic E-state index is 14.6. The molecule has 0 saturated carbocycles. The third-order valence-corrected chi connectivity index (χ3v) is 9.35. The van der Waals surface area contributed by atoms with Gasteiger partial charge in [0.05, 0.1) is 17.2 Å². The maximum absolute atomic E-state index is 14.6. The molecular weight excluding hydrogens is 611 g/mol. The number of carbonyl (C=O) groups excluding carboxylic acids is 2. The van der Waals surface area contributed by atoms with E-state index < -0.39 is 34.1 Å². The molecule has 0 aliphatic carbocycles. The first-order valence-electron chi connectivity index (χ1n) is 15.8. The number of sulfonamides is 1. The van der Waals surface area contributed by atoms with Gasteiger partial charge in [-0.25, -0.2) is 8.42 Å². The normalized spacial score (nSPS) is 12.2. The Morgan fingerprint density at radius 2 is 1.36 bits per heavy atom. The minimum Gasteiger partial charge on any atom is -0.494 e. The van der Waals surface area contributed by atoms with E-state index in [-0.39, 0.29) is 23.8 Å². The van der Waals surface area contributed by atoms with Crippen LogP contribution in [0, 0.1) is 13.8 Å². The highest BCUT2D eigenvalue weighted by Gasteiger charge is 2.35. The minimum absolute atomic E-state index is 0.0192. The topological polar surface area (TPSA) is 96.0 Å². The summed E-state index contributed by atoms with van der Waals surface area (Å²) in [5.74, 6) is -0.286. The van der Waals surface area contributed by atoms with Crippen molar-refractivity contribution in [3.8, 4) is 5.75 Å². The third-order valence-electron chi connectivity index (χ3n) is 7.57. The number of benzene rings is 4. The minimum atomic E-state index is -4.21. The molecule has 8 nitrogen and oxygen atoms in total. The lowest BCUT2D eigenvalue weighted by Gasteiger charge is -2.35. The molecule has 248 valence electrons. The molecule has 0 heterocycles. The van der Waals surface area contributed by atoms with Crippen molar-refractivity contribution in [1.29, 1.82) is 0 Å². The molecule has 4 aromatic carbocycles. The first-order chi connectivity index (χ1) is 22.3.